The summed E-state index contributed by atoms with van der Waals surface area (Å²) in [4.78, 5) is 72.4. The maximum absolute atomic E-state index is 12.9. The van der Waals surface area contributed by atoms with E-state index in [1.165, 1.54) is 0 Å². The van der Waals surface area contributed by atoms with Crippen LogP contribution < -0.4 is 32.7 Å². The molecule has 0 aliphatic rings. The van der Waals surface area contributed by atoms with Crippen LogP contribution in [0.4, 0.5) is 0 Å². The van der Waals surface area contributed by atoms with E-state index < -0.39 is 66.7 Å². The van der Waals surface area contributed by atoms with E-state index in [0.717, 1.165) is 5.56 Å². The maximum atomic E-state index is 12.9. The number of carbonyl (C=O) groups is 6. The number of nitrogens with one attached hydrogen (secondary N) is 4. The van der Waals surface area contributed by atoms with Crippen molar-refractivity contribution < 1.29 is 33.9 Å². The molecule has 0 bridgehead atoms. The predicted molar refractivity (Wildman–Crippen MR) is 144 cm³/mol. The smallest absolute Gasteiger partial charge is 0.326 e. The molecule has 0 radical (unpaired) electrons. The molecular weight excluding hydrogens is 520 g/mol. The van der Waals surface area contributed by atoms with Gasteiger partial charge in [-0.15, -0.1) is 0 Å². The summed E-state index contributed by atoms with van der Waals surface area (Å²) in [6.07, 6.45) is -0.164. The van der Waals surface area contributed by atoms with Gasteiger partial charge in [-0.1, -0.05) is 60.7 Å². The highest BCUT2D eigenvalue weighted by Crippen LogP contribution is 2.06. The van der Waals surface area contributed by atoms with E-state index in [1.54, 1.807) is 30.3 Å². The highest BCUT2D eigenvalue weighted by molar-refractivity contribution is 5.93. The average Bonchev–Trinajstić information content (AvgIpc) is 2.93. The summed E-state index contributed by atoms with van der Waals surface area (Å²) in [5.41, 5.74) is 12.5. The Balaban J connectivity index is 1.90. The minimum absolute atomic E-state index is 0.0316. The fraction of sp³-hybridized carbons (Fsp3) is 0.333. The molecule has 0 heterocycles. The van der Waals surface area contributed by atoms with Gasteiger partial charge in [0.15, 0.2) is 0 Å². The van der Waals surface area contributed by atoms with Crippen LogP contribution in [0.15, 0.2) is 60.7 Å². The standard InChI is InChI=1S/C27H34N6O7/c28-19(13-17-7-3-1-4-8-17)25(37)31-15-23(35)30-16-24(36)32-21(14-18-9-5-2-6-10-18)26(38)33-20(27(39)40)11-12-22(29)34/h1-10,19-21H,11-16,28H2,(H2,29,34)(H,30,35)(H,31,37)(H,32,36)(H,33,38)(H,39,40)/t19-,20-,21-/m0/s1. The molecule has 2 aromatic carbocycles. The van der Waals surface area contributed by atoms with Crippen LogP contribution in [0.5, 0.6) is 0 Å². The summed E-state index contributed by atoms with van der Waals surface area (Å²) in [5, 5.41) is 18.9. The van der Waals surface area contributed by atoms with Gasteiger partial charge in [-0.2, -0.15) is 0 Å². The lowest BCUT2D eigenvalue weighted by Crippen LogP contribution is -2.54. The van der Waals surface area contributed by atoms with Gasteiger partial charge in [-0.05, 0) is 24.0 Å². The molecular formula is C27H34N6O7. The van der Waals surface area contributed by atoms with E-state index in [0.29, 0.717) is 5.56 Å². The molecule has 13 heteroatoms. The van der Waals surface area contributed by atoms with Gasteiger partial charge in [-0.25, -0.2) is 4.79 Å². The monoisotopic (exact) mass is 554 g/mol. The van der Waals surface area contributed by atoms with Crippen molar-refractivity contribution in [1.82, 2.24) is 21.3 Å². The van der Waals surface area contributed by atoms with Gasteiger partial charge in [0, 0.05) is 12.8 Å². The Labute approximate surface area is 231 Å². The van der Waals surface area contributed by atoms with Crippen LogP contribution in [0.25, 0.3) is 0 Å². The minimum atomic E-state index is -1.40. The molecule has 214 valence electrons. The summed E-state index contributed by atoms with van der Waals surface area (Å²) >= 11 is 0. The van der Waals surface area contributed by atoms with Crippen LogP contribution in [-0.2, 0) is 41.6 Å². The second kappa shape index (κ2) is 16.2. The van der Waals surface area contributed by atoms with Crippen molar-refractivity contribution in [2.75, 3.05) is 13.1 Å². The molecule has 2 rings (SSSR count). The van der Waals surface area contributed by atoms with E-state index in [2.05, 4.69) is 21.3 Å². The normalized spacial score (nSPS) is 12.7. The summed E-state index contributed by atoms with van der Waals surface area (Å²) in [7, 11) is 0. The Hall–Kier alpha value is -4.78. The first kappa shape index (κ1) is 31.4. The SMILES string of the molecule is NC(=O)CC[C@H](NC(=O)[C@H](Cc1ccccc1)NC(=O)CNC(=O)CNC(=O)[C@@H](N)Cc1ccccc1)C(=O)O. The highest BCUT2D eigenvalue weighted by atomic mass is 16.4. The summed E-state index contributed by atoms with van der Waals surface area (Å²) in [6, 6.07) is 14.4. The minimum Gasteiger partial charge on any atom is -0.480 e. The molecule has 0 saturated carbocycles. The number of carboxylic acid groups (broad SMARTS) is 1. The molecule has 0 saturated heterocycles. The number of primary amides is 1. The topological polar surface area (TPSA) is 223 Å². The second-order valence-corrected chi connectivity index (χ2v) is 9.00. The molecule has 0 spiro atoms. The maximum Gasteiger partial charge on any atom is 0.326 e. The van der Waals surface area contributed by atoms with Crippen LogP contribution in [0.1, 0.15) is 24.0 Å². The zero-order chi connectivity index (χ0) is 29.5. The number of aliphatic carboxylic acids is 1. The lowest BCUT2D eigenvalue weighted by atomic mass is 10.0. The van der Waals surface area contributed by atoms with Crippen molar-refractivity contribution in [3.63, 3.8) is 0 Å². The number of hydrogen-bond acceptors (Lipinski definition) is 7. The van der Waals surface area contributed by atoms with E-state index in [4.69, 9.17) is 11.5 Å². The first-order chi connectivity index (χ1) is 19.0. The van der Waals surface area contributed by atoms with Crippen molar-refractivity contribution in [2.45, 2.75) is 43.8 Å². The van der Waals surface area contributed by atoms with E-state index in [1.807, 2.05) is 30.3 Å². The molecule has 0 aromatic heterocycles. The Bertz CT molecular complexity index is 1180. The fourth-order valence-electron chi connectivity index (χ4n) is 3.62. The van der Waals surface area contributed by atoms with Gasteiger partial charge in [-0.3, -0.25) is 24.0 Å². The lowest BCUT2D eigenvalue weighted by molar-refractivity contribution is -0.142. The molecule has 0 fully saturated rings. The first-order valence-electron chi connectivity index (χ1n) is 12.5. The predicted octanol–water partition coefficient (Wildman–Crippen LogP) is -1.65. The van der Waals surface area contributed by atoms with Crippen LogP contribution in [0.3, 0.4) is 0 Å². The third-order valence-electron chi connectivity index (χ3n) is 5.73. The van der Waals surface area contributed by atoms with Crippen molar-refractivity contribution in [1.29, 1.82) is 0 Å². The van der Waals surface area contributed by atoms with Crippen LogP contribution >= 0.6 is 0 Å². The number of carbonyl (C=O) groups excluding carboxylic acids is 5. The lowest BCUT2D eigenvalue weighted by Gasteiger charge is -2.21. The second-order valence-electron chi connectivity index (χ2n) is 9.00. The quantitative estimate of drug-likeness (QED) is 0.127. The molecule has 0 unspecified atom stereocenters. The molecule has 3 atom stereocenters. The molecule has 0 aliphatic carbocycles. The van der Waals surface area contributed by atoms with Crippen molar-refractivity contribution in [3.05, 3.63) is 71.8 Å². The third-order valence-corrected chi connectivity index (χ3v) is 5.73. The number of benzene rings is 2. The zero-order valence-corrected chi connectivity index (χ0v) is 21.8. The molecule has 2 aromatic rings. The molecule has 5 amide bonds. The Morgan fingerprint density at radius 1 is 0.700 bits per heavy atom. The Morgan fingerprint density at radius 2 is 1.25 bits per heavy atom. The number of carboxylic acids is 1. The van der Waals surface area contributed by atoms with Gasteiger partial charge in [0.2, 0.25) is 29.5 Å². The number of hydrogen-bond donors (Lipinski definition) is 7. The van der Waals surface area contributed by atoms with Crippen LogP contribution in [-0.4, -0.2) is 71.8 Å². The van der Waals surface area contributed by atoms with E-state index in [-0.39, 0.29) is 25.7 Å². The van der Waals surface area contributed by atoms with Crippen LogP contribution in [0.2, 0.25) is 0 Å². The van der Waals surface area contributed by atoms with Crippen molar-refractivity contribution in [3.8, 4) is 0 Å². The largest absolute Gasteiger partial charge is 0.480 e. The molecule has 9 N–H and O–H groups in total. The fourth-order valence-corrected chi connectivity index (χ4v) is 3.62. The summed E-state index contributed by atoms with van der Waals surface area (Å²) in [6.45, 7) is -0.921. The number of rotatable bonds is 16. The Kier molecular flexibility index (Phi) is 12.8. The number of amides is 5. The zero-order valence-electron chi connectivity index (χ0n) is 21.8. The van der Waals surface area contributed by atoms with Crippen LogP contribution in [0, 0.1) is 0 Å². The highest BCUT2D eigenvalue weighted by Gasteiger charge is 2.27. The molecule has 40 heavy (non-hydrogen) atoms. The van der Waals surface area contributed by atoms with Crippen molar-refractivity contribution in [2.24, 2.45) is 11.5 Å². The third kappa shape index (κ3) is 11.7. The molecule has 13 nitrogen and oxygen atoms in total. The van der Waals surface area contributed by atoms with E-state index >= 15 is 0 Å². The molecule has 0 aliphatic heterocycles. The van der Waals surface area contributed by atoms with Gasteiger partial charge >= 0.3 is 5.97 Å². The van der Waals surface area contributed by atoms with Gasteiger partial charge in [0.1, 0.15) is 12.1 Å². The summed E-state index contributed by atoms with van der Waals surface area (Å²) in [5.74, 6) is -4.79. The summed E-state index contributed by atoms with van der Waals surface area (Å²) < 4.78 is 0. The average molecular weight is 555 g/mol. The van der Waals surface area contributed by atoms with Gasteiger partial charge in [0.05, 0.1) is 19.1 Å². The van der Waals surface area contributed by atoms with Crippen molar-refractivity contribution >= 4 is 35.5 Å². The Morgan fingerprint density at radius 3 is 1.80 bits per heavy atom. The van der Waals surface area contributed by atoms with E-state index in [9.17, 15) is 33.9 Å². The van der Waals surface area contributed by atoms with Gasteiger partial charge in [0.25, 0.3) is 0 Å². The first-order valence-corrected chi connectivity index (χ1v) is 12.5. The number of nitrogens with two attached hydrogens (primary N) is 2. The van der Waals surface area contributed by atoms with Gasteiger partial charge < -0.3 is 37.8 Å².